The third-order valence-electron chi connectivity index (χ3n) is 3.16. The van der Waals surface area contributed by atoms with Crippen LogP contribution in [-0.2, 0) is 0 Å². The van der Waals surface area contributed by atoms with Crippen molar-refractivity contribution in [2.24, 2.45) is 0 Å². The zero-order chi connectivity index (χ0) is 9.52. The van der Waals surface area contributed by atoms with E-state index in [2.05, 4.69) is 17.3 Å². The number of nitrogens with one attached hydrogen (secondary N) is 1. The molecule has 0 radical (unpaired) electrons. The predicted molar refractivity (Wildman–Crippen MR) is 58.0 cm³/mol. The van der Waals surface area contributed by atoms with E-state index in [0.29, 0.717) is 0 Å². The van der Waals surface area contributed by atoms with E-state index >= 15 is 0 Å². The summed E-state index contributed by atoms with van der Waals surface area (Å²) >= 11 is 0. The molecule has 0 heterocycles. The van der Waals surface area contributed by atoms with E-state index in [-0.39, 0.29) is 0 Å². The molecule has 0 atom stereocenters. The summed E-state index contributed by atoms with van der Waals surface area (Å²) < 4.78 is 0. The van der Waals surface area contributed by atoms with Gasteiger partial charge in [-0.15, -0.1) is 0 Å². The predicted octanol–water partition coefficient (Wildman–Crippen LogP) is 1.86. The van der Waals surface area contributed by atoms with Crippen molar-refractivity contribution >= 4 is 0 Å². The van der Waals surface area contributed by atoms with Gasteiger partial charge in [0.1, 0.15) is 0 Å². The molecule has 0 aromatic heterocycles. The Kier molecular flexibility index (Phi) is 5.40. The lowest BCUT2D eigenvalue weighted by molar-refractivity contribution is 0.223. The Balaban J connectivity index is 2.22. The zero-order valence-corrected chi connectivity index (χ0v) is 9.18. The molecule has 1 aliphatic rings. The van der Waals surface area contributed by atoms with Crippen LogP contribution in [0.4, 0.5) is 0 Å². The van der Waals surface area contributed by atoms with Gasteiger partial charge in [-0.05, 0) is 26.9 Å². The van der Waals surface area contributed by atoms with E-state index in [4.69, 9.17) is 0 Å². The van der Waals surface area contributed by atoms with Gasteiger partial charge in [0.2, 0.25) is 0 Å². The molecule has 1 fully saturated rings. The van der Waals surface area contributed by atoms with Crippen molar-refractivity contribution in [2.75, 3.05) is 27.2 Å². The molecule has 0 aromatic carbocycles. The van der Waals surface area contributed by atoms with Crippen LogP contribution in [0.25, 0.3) is 0 Å². The van der Waals surface area contributed by atoms with Crippen LogP contribution in [0.5, 0.6) is 0 Å². The third kappa shape index (κ3) is 4.10. The van der Waals surface area contributed by atoms with Crippen molar-refractivity contribution in [3.63, 3.8) is 0 Å². The molecule has 1 aliphatic carbocycles. The molecule has 1 saturated carbocycles. The van der Waals surface area contributed by atoms with E-state index in [9.17, 15) is 0 Å². The number of likely N-dealkylation sites (N-methyl/N-ethyl adjacent to an activating group) is 2. The molecule has 0 aromatic rings. The van der Waals surface area contributed by atoms with Crippen LogP contribution in [0.1, 0.15) is 38.5 Å². The van der Waals surface area contributed by atoms with Crippen molar-refractivity contribution in [2.45, 2.75) is 44.6 Å². The van der Waals surface area contributed by atoms with Crippen molar-refractivity contribution in [3.8, 4) is 0 Å². The van der Waals surface area contributed by atoms with Gasteiger partial charge in [-0.3, -0.25) is 0 Å². The van der Waals surface area contributed by atoms with E-state index in [0.717, 1.165) is 12.6 Å². The summed E-state index contributed by atoms with van der Waals surface area (Å²) in [6.45, 7) is 2.31. The molecule has 1 N–H and O–H groups in total. The number of hydrogen-bond donors (Lipinski definition) is 1. The molecule has 0 aliphatic heterocycles. The minimum absolute atomic E-state index is 0.857. The molecule has 78 valence electrons. The highest BCUT2D eigenvalue weighted by atomic mass is 15.1. The van der Waals surface area contributed by atoms with Gasteiger partial charge in [0.15, 0.2) is 0 Å². The summed E-state index contributed by atoms with van der Waals surface area (Å²) in [6, 6.07) is 0.857. The topological polar surface area (TPSA) is 15.3 Å². The van der Waals surface area contributed by atoms with E-state index in [1.54, 1.807) is 0 Å². The van der Waals surface area contributed by atoms with E-state index < -0.39 is 0 Å². The molecule has 13 heavy (non-hydrogen) atoms. The maximum absolute atomic E-state index is 3.21. The summed E-state index contributed by atoms with van der Waals surface area (Å²) in [6.07, 6.45) is 8.62. The standard InChI is InChI=1S/C11H24N2/c1-12-9-10-13(2)11-7-5-3-4-6-8-11/h11-12H,3-10H2,1-2H3. The third-order valence-corrected chi connectivity index (χ3v) is 3.16. The Morgan fingerprint density at radius 1 is 1.15 bits per heavy atom. The first-order chi connectivity index (χ1) is 6.34. The zero-order valence-electron chi connectivity index (χ0n) is 9.18. The van der Waals surface area contributed by atoms with Crippen LogP contribution < -0.4 is 5.32 Å². The Labute approximate surface area is 82.7 Å². The second kappa shape index (κ2) is 6.39. The fourth-order valence-corrected chi connectivity index (χ4v) is 2.17. The van der Waals surface area contributed by atoms with Crippen molar-refractivity contribution in [1.82, 2.24) is 10.2 Å². The van der Waals surface area contributed by atoms with E-state index in [1.807, 2.05) is 7.05 Å². The monoisotopic (exact) mass is 184 g/mol. The first kappa shape index (κ1) is 11.0. The summed E-state index contributed by atoms with van der Waals surface area (Å²) in [5.74, 6) is 0. The molecular formula is C11H24N2. The molecule has 2 heteroatoms. The highest BCUT2D eigenvalue weighted by molar-refractivity contribution is 4.72. The second-order valence-corrected chi connectivity index (χ2v) is 4.23. The first-order valence-corrected chi connectivity index (χ1v) is 5.69. The molecule has 2 nitrogen and oxygen atoms in total. The van der Waals surface area contributed by atoms with Crippen molar-refractivity contribution in [3.05, 3.63) is 0 Å². The fraction of sp³-hybridized carbons (Fsp3) is 1.00. The van der Waals surface area contributed by atoms with Crippen LogP contribution in [0.2, 0.25) is 0 Å². The van der Waals surface area contributed by atoms with Crippen molar-refractivity contribution < 1.29 is 0 Å². The summed E-state index contributed by atoms with van der Waals surface area (Å²) in [4.78, 5) is 2.53. The Morgan fingerprint density at radius 3 is 2.31 bits per heavy atom. The maximum Gasteiger partial charge on any atom is 0.0107 e. The first-order valence-electron chi connectivity index (χ1n) is 5.69. The van der Waals surface area contributed by atoms with Gasteiger partial charge in [-0.25, -0.2) is 0 Å². The molecule has 1 rings (SSSR count). The minimum Gasteiger partial charge on any atom is -0.318 e. The molecule has 0 spiro atoms. The Hall–Kier alpha value is -0.0800. The van der Waals surface area contributed by atoms with Crippen molar-refractivity contribution in [1.29, 1.82) is 0 Å². The summed E-state index contributed by atoms with van der Waals surface area (Å²) in [5, 5.41) is 3.21. The van der Waals surface area contributed by atoms with Crippen LogP contribution >= 0.6 is 0 Å². The number of hydrogen-bond acceptors (Lipinski definition) is 2. The minimum atomic E-state index is 0.857. The second-order valence-electron chi connectivity index (χ2n) is 4.23. The van der Waals surface area contributed by atoms with Gasteiger partial charge in [0.25, 0.3) is 0 Å². The normalized spacial score (nSPS) is 20.5. The molecule has 0 amide bonds. The van der Waals surface area contributed by atoms with Crippen LogP contribution in [-0.4, -0.2) is 38.1 Å². The van der Waals surface area contributed by atoms with Crippen LogP contribution in [0, 0.1) is 0 Å². The lowest BCUT2D eigenvalue weighted by atomic mass is 10.1. The van der Waals surface area contributed by atoms with Gasteiger partial charge < -0.3 is 10.2 Å². The Bertz CT molecular complexity index is 117. The smallest absolute Gasteiger partial charge is 0.0107 e. The largest absolute Gasteiger partial charge is 0.318 e. The van der Waals surface area contributed by atoms with Gasteiger partial charge in [0.05, 0.1) is 0 Å². The average molecular weight is 184 g/mol. The van der Waals surface area contributed by atoms with E-state index in [1.165, 1.54) is 45.1 Å². The summed E-state index contributed by atoms with van der Waals surface area (Å²) in [5.41, 5.74) is 0. The quantitative estimate of drug-likeness (QED) is 0.671. The van der Waals surface area contributed by atoms with Gasteiger partial charge >= 0.3 is 0 Å². The molecule has 0 bridgehead atoms. The summed E-state index contributed by atoms with van der Waals surface area (Å²) in [7, 11) is 4.30. The average Bonchev–Trinajstić information content (AvgIpc) is 2.42. The van der Waals surface area contributed by atoms with Crippen LogP contribution in [0.3, 0.4) is 0 Å². The Morgan fingerprint density at radius 2 is 1.77 bits per heavy atom. The highest BCUT2D eigenvalue weighted by Gasteiger charge is 2.15. The lowest BCUT2D eigenvalue weighted by Crippen LogP contribution is -2.35. The van der Waals surface area contributed by atoms with Gasteiger partial charge in [-0.2, -0.15) is 0 Å². The number of rotatable bonds is 4. The molecule has 0 unspecified atom stereocenters. The number of nitrogens with zero attached hydrogens (tertiary/aromatic N) is 1. The fourth-order valence-electron chi connectivity index (χ4n) is 2.17. The SMILES string of the molecule is CNCCN(C)C1CCCCCC1. The van der Waals surface area contributed by atoms with Gasteiger partial charge in [-0.1, -0.05) is 25.7 Å². The lowest BCUT2D eigenvalue weighted by Gasteiger charge is -2.26. The maximum atomic E-state index is 3.21. The van der Waals surface area contributed by atoms with Gasteiger partial charge in [0, 0.05) is 19.1 Å². The van der Waals surface area contributed by atoms with Crippen LogP contribution in [0.15, 0.2) is 0 Å². The highest BCUT2D eigenvalue weighted by Crippen LogP contribution is 2.20. The molecular weight excluding hydrogens is 160 g/mol. The molecule has 0 saturated heterocycles.